The van der Waals surface area contributed by atoms with Crippen molar-refractivity contribution >= 4 is 26.8 Å². The van der Waals surface area contributed by atoms with E-state index in [0.717, 1.165) is 21.8 Å². The number of nitrogens with zero attached hydrogens (tertiary/aromatic N) is 6. The highest BCUT2D eigenvalue weighted by molar-refractivity contribution is 7.61. The Morgan fingerprint density at radius 1 is 0.694 bits per heavy atom. The van der Waals surface area contributed by atoms with Crippen molar-refractivity contribution in [2.45, 2.75) is 90.6 Å². The van der Waals surface area contributed by atoms with Crippen molar-refractivity contribution < 1.29 is 62.2 Å². The largest absolute Gasteiger partial charge is 0.481 e. The van der Waals surface area contributed by atoms with Crippen LogP contribution in [-0.2, 0) is 32.0 Å². The third-order valence-electron chi connectivity index (χ3n) is 8.43. The standard InChI is InChI=1S/C15H20N4O14P2.2C6H15N/c20-8-5-1-29-34(25,26)33-35(27,28)30-2-6-9(21)11(23)15(32-6)19-4-17-12-7(13(19)24)16-3-18(12)14(31-5)10(8)22;2*1-4-7(5-2)6-3/h3-6,8-11,14-15,20-23H,1-2H2,(H,25,26)(H,27,28);2*4-6H2,1-3H3/t5-,6-,8-,9-,10-,11-,14-,15-;;/m1../s1. The number of aliphatic hydroxyl groups excluding tert-OH is 4. The minimum absolute atomic E-state index is 0.0736. The molecule has 49 heavy (non-hydrogen) atoms. The molecule has 20 nitrogen and oxygen atoms in total. The van der Waals surface area contributed by atoms with E-state index in [2.05, 4.69) is 74.7 Å². The van der Waals surface area contributed by atoms with Crippen LogP contribution >= 0.6 is 15.6 Å². The third-order valence-corrected chi connectivity index (χ3v) is 11.0. The molecule has 0 amide bonds. The van der Waals surface area contributed by atoms with Gasteiger partial charge in [-0.1, -0.05) is 41.5 Å². The van der Waals surface area contributed by atoms with Gasteiger partial charge in [0, 0.05) is 0 Å². The molecule has 2 aromatic heterocycles. The number of ether oxygens (including phenoxy) is 2. The summed E-state index contributed by atoms with van der Waals surface area (Å²) in [7, 11) is -10.6. The average molecular weight is 745 g/mol. The molecular formula is C27H50N6O14P2. The first-order valence-corrected chi connectivity index (χ1v) is 19.1. The average Bonchev–Trinajstić information content (AvgIpc) is 3.71. The molecule has 22 heteroatoms. The van der Waals surface area contributed by atoms with E-state index in [1.165, 1.54) is 39.3 Å². The van der Waals surface area contributed by atoms with E-state index in [4.69, 9.17) is 9.47 Å². The highest BCUT2D eigenvalue weighted by Crippen LogP contribution is 2.60. The van der Waals surface area contributed by atoms with Gasteiger partial charge in [0.25, 0.3) is 5.56 Å². The van der Waals surface area contributed by atoms with Crippen LogP contribution in [0.4, 0.5) is 0 Å². The van der Waals surface area contributed by atoms with Gasteiger partial charge in [-0.3, -0.25) is 23.0 Å². The Morgan fingerprint density at radius 3 is 1.47 bits per heavy atom. The van der Waals surface area contributed by atoms with Crippen molar-refractivity contribution in [3.05, 3.63) is 23.0 Å². The van der Waals surface area contributed by atoms with Crippen molar-refractivity contribution in [1.82, 2.24) is 28.9 Å². The van der Waals surface area contributed by atoms with Crippen LogP contribution in [0, 0.1) is 0 Å². The van der Waals surface area contributed by atoms with Crippen LogP contribution in [0.3, 0.4) is 0 Å². The summed E-state index contributed by atoms with van der Waals surface area (Å²) in [6.07, 6.45) is -10.4. The number of hydrogen-bond acceptors (Lipinski definition) is 16. The van der Waals surface area contributed by atoms with Gasteiger partial charge in [0.1, 0.15) is 43.0 Å². The van der Waals surface area contributed by atoms with Crippen molar-refractivity contribution in [2.24, 2.45) is 0 Å². The lowest BCUT2D eigenvalue weighted by Crippen LogP contribution is -2.36. The smallest absolute Gasteiger partial charge is 0.387 e. The maximum Gasteiger partial charge on any atom is 0.481 e. The van der Waals surface area contributed by atoms with E-state index in [1.807, 2.05) is 0 Å². The quantitative estimate of drug-likeness (QED) is 0.209. The second kappa shape index (κ2) is 18.2. The van der Waals surface area contributed by atoms with Gasteiger partial charge in [0.05, 0.1) is 19.5 Å². The highest BCUT2D eigenvalue weighted by atomic mass is 31.3. The van der Waals surface area contributed by atoms with Crippen molar-refractivity contribution in [2.75, 3.05) is 52.5 Å². The molecule has 6 N–H and O–H groups in total. The number of imidazole rings is 1. The second-order valence-electron chi connectivity index (χ2n) is 11.2. The van der Waals surface area contributed by atoms with Gasteiger partial charge < -0.3 is 49.5 Å². The summed E-state index contributed by atoms with van der Waals surface area (Å²) in [5.74, 6) is 0. The van der Waals surface area contributed by atoms with Crippen LogP contribution in [-0.4, -0.2) is 148 Å². The summed E-state index contributed by atoms with van der Waals surface area (Å²) in [5, 5.41) is 41.4. The molecule has 8 bridgehead atoms. The maximum absolute atomic E-state index is 13.0. The van der Waals surface area contributed by atoms with Crippen molar-refractivity contribution in [3.8, 4) is 0 Å². The van der Waals surface area contributed by atoms with Crippen LogP contribution in [0.5, 0.6) is 0 Å². The zero-order valence-corrected chi connectivity index (χ0v) is 30.2. The molecule has 2 unspecified atom stereocenters. The summed E-state index contributed by atoms with van der Waals surface area (Å²) >= 11 is 0. The van der Waals surface area contributed by atoms with E-state index in [0.29, 0.717) is 0 Å². The summed E-state index contributed by atoms with van der Waals surface area (Å²) in [6, 6.07) is 0. The Balaban J connectivity index is 0.000000392. The van der Waals surface area contributed by atoms with E-state index in [-0.39, 0.29) is 11.2 Å². The van der Waals surface area contributed by atoms with Gasteiger partial charge in [-0.25, -0.2) is 19.1 Å². The first-order valence-electron chi connectivity index (χ1n) is 16.2. The summed E-state index contributed by atoms with van der Waals surface area (Å²) in [4.78, 5) is 45.4. The van der Waals surface area contributed by atoms with Crippen LogP contribution in [0.15, 0.2) is 17.4 Å². The number of aromatic nitrogens is 4. The molecule has 282 valence electrons. The Bertz CT molecular complexity index is 1470. The first kappa shape index (κ1) is 41.7. The van der Waals surface area contributed by atoms with E-state index < -0.39 is 83.5 Å². The monoisotopic (exact) mass is 744 g/mol. The molecule has 0 aliphatic carbocycles. The Kier molecular flexibility index (Phi) is 15.5. The van der Waals surface area contributed by atoms with E-state index in [9.17, 15) is 44.1 Å². The molecule has 6 rings (SSSR count). The zero-order chi connectivity index (χ0) is 36.7. The van der Waals surface area contributed by atoms with Crippen molar-refractivity contribution in [3.63, 3.8) is 0 Å². The molecule has 2 fully saturated rings. The number of fused-ring (bicyclic) bond motifs is 7. The first-order chi connectivity index (χ1) is 23.1. The predicted octanol–water partition coefficient (Wildman–Crippen LogP) is -0.208. The second-order valence-corrected chi connectivity index (χ2v) is 14.3. The van der Waals surface area contributed by atoms with Crippen LogP contribution in [0.1, 0.15) is 54.0 Å². The molecule has 0 spiro atoms. The van der Waals surface area contributed by atoms with Crippen molar-refractivity contribution in [1.29, 1.82) is 0 Å². The topological polar surface area (TPSA) is 261 Å². The number of phosphoric ester groups is 2. The molecule has 4 aliphatic heterocycles. The number of phosphoric acid groups is 2. The van der Waals surface area contributed by atoms with E-state index in [1.54, 1.807) is 0 Å². The van der Waals surface area contributed by atoms with Gasteiger partial charge in [-0.05, 0) is 39.3 Å². The summed E-state index contributed by atoms with van der Waals surface area (Å²) in [5.41, 5.74) is -1.12. The van der Waals surface area contributed by atoms with Gasteiger partial charge >= 0.3 is 15.6 Å². The number of aliphatic hydroxyl groups is 4. The SMILES string of the molecule is CCN(CC)CC.CCN(CC)CC.O=c1c2ncn3c2ncn1[C@@H]1O[C@H](COP(=O)(O)OP(=O)(O)OC[C@H]2O[C@@H]3[C@H](O)[C@@H]2O)[C@@H](O)[C@H]1O. The lowest BCUT2D eigenvalue weighted by atomic mass is 10.1. The van der Waals surface area contributed by atoms with Crippen LogP contribution in [0.25, 0.3) is 11.2 Å². The minimum Gasteiger partial charge on any atom is -0.387 e. The summed E-state index contributed by atoms with van der Waals surface area (Å²) < 4.78 is 50.5. The third kappa shape index (κ3) is 10.2. The highest BCUT2D eigenvalue weighted by Gasteiger charge is 2.48. The maximum atomic E-state index is 13.0. The molecular weight excluding hydrogens is 694 g/mol. The van der Waals surface area contributed by atoms with Crippen LogP contribution < -0.4 is 5.56 Å². The lowest BCUT2D eigenvalue weighted by molar-refractivity contribution is -0.0561. The lowest BCUT2D eigenvalue weighted by Gasteiger charge is -2.21. The molecule has 0 aromatic carbocycles. The van der Waals surface area contributed by atoms with Gasteiger partial charge in [-0.2, -0.15) is 4.31 Å². The Morgan fingerprint density at radius 2 is 1.08 bits per heavy atom. The normalized spacial score (nSPS) is 34.8. The molecule has 0 saturated carbocycles. The minimum atomic E-state index is -5.29. The predicted molar refractivity (Wildman–Crippen MR) is 173 cm³/mol. The Labute approximate surface area is 284 Å². The fourth-order valence-electron chi connectivity index (χ4n) is 5.34. The fourth-order valence-corrected chi connectivity index (χ4v) is 7.43. The summed E-state index contributed by atoms with van der Waals surface area (Å²) in [6.45, 7) is 18.5. The molecule has 2 aromatic rings. The molecule has 6 heterocycles. The zero-order valence-electron chi connectivity index (χ0n) is 28.5. The van der Waals surface area contributed by atoms with Gasteiger partial charge in [-0.15, -0.1) is 0 Å². The molecule has 4 aliphatic rings. The van der Waals surface area contributed by atoms with Gasteiger partial charge in [0.2, 0.25) is 0 Å². The molecule has 0 radical (unpaired) electrons. The van der Waals surface area contributed by atoms with Crippen LogP contribution in [0.2, 0.25) is 0 Å². The fraction of sp³-hybridized carbons (Fsp3) is 0.815. The number of rotatable bonds is 6. The Hall–Kier alpha value is -1.71. The molecule has 10 atom stereocenters. The van der Waals surface area contributed by atoms with E-state index >= 15 is 0 Å². The van der Waals surface area contributed by atoms with Gasteiger partial charge in [0.15, 0.2) is 23.6 Å². The number of hydrogen-bond donors (Lipinski definition) is 6. The molecule has 2 saturated heterocycles.